The van der Waals surface area contributed by atoms with Crippen LogP contribution in [0, 0.1) is 43.8 Å². The molecule has 10 rings (SSSR count). The van der Waals surface area contributed by atoms with Crippen molar-refractivity contribution in [3.63, 3.8) is 0 Å². The Morgan fingerprint density at radius 3 is 1.65 bits per heavy atom. The van der Waals surface area contributed by atoms with Crippen LogP contribution in [0.2, 0.25) is 0 Å². The number of halogens is 1. The maximum atomic E-state index is 4.52. The van der Waals surface area contributed by atoms with Crippen LogP contribution < -0.4 is 0 Å². The molecule has 0 saturated heterocycles. The Labute approximate surface area is 252 Å². The second kappa shape index (κ2) is 7.89. The first-order chi connectivity index (χ1) is 18.7. The smallest absolute Gasteiger partial charge is 0.0551 e. The Morgan fingerprint density at radius 2 is 1.10 bits per heavy atom. The van der Waals surface area contributed by atoms with Crippen LogP contribution in [0.1, 0.15) is 129 Å². The van der Waals surface area contributed by atoms with Crippen molar-refractivity contribution in [2.45, 2.75) is 122 Å². The number of alkyl halides is 1. The van der Waals surface area contributed by atoms with E-state index < -0.39 is 0 Å². The molecule has 8 saturated carbocycles. The van der Waals surface area contributed by atoms with Crippen LogP contribution in [0.3, 0.4) is 0 Å². The molecule has 8 fully saturated rings. The lowest BCUT2D eigenvalue weighted by atomic mass is 9.25. The SMILES string of the molecule is CC12CC3CC(C)(C1)CC(C14CC5(C)CC(C)(CC(C(c6ccccc6)C(C)(Br)c6ccccc6)(C5)C1)C4)(C3)C2. The standard InChI is InChI=1S/C39H51Br/c1-32-16-28-17-33(2,19-32)24-38(18-28,23-32)39-25-34(3)20-35(4,26-39)22-37(21-34,27-39)31(29-12-8-6-9-13-29)36(5,40)30-14-10-7-11-15-30/h6-15,28,31H,16-27H2,1-5H3. The lowest BCUT2D eigenvalue weighted by Crippen LogP contribution is -2.70. The molecular formula is C39H51Br. The molecule has 0 nitrogen and oxygen atoms in total. The lowest BCUT2D eigenvalue weighted by Gasteiger charge is -2.79. The van der Waals surface area contributed by atoms with Gasteiger partial charge in [-0.25, -0.2) is 0 Å². The lowest BCUT2D eigenvalue weighted by molar-refractivity contribution is -0.288. The Morgan fingerprint density at radius 1 is 0.600 bits per heavy atom. The first-order valence-corrected chi connectivity index (χ1v) is 17.3. The van der Waals surface area contributed by atoms with Crippen molar-refractivity contribution in [1.29, 1.82) is 0 Å². The molecule has 0 aliphatic heterocycles. The molecule has 8 bridgehead atoms. The summed E-state index contributed by atoms with van der Waals surface area (Å²) in [6.07, 6.45) is 17.8. The van der Waals surface area contributed by atoms with E-state index in [1.165, 1.54) is 76.2 Å². The van der Waals surface area contributed by atoms with Crippen LogP contribution in [-0.2, 0) is 4.32 Å². The van der Waals surface area contributed by atoms with Crippen molar-refractivity contribution in [3.05, 3.63) is 71.8 Å². The van der Waals surface area contributed by atoms with Crippen molar-refractivity contribution >= 4 is 15.9 Å². The van der Waals surface area contributed by atoms with Gasteiger partial charge in [0.1, 0.15) is 0 Å². The minimum atomic E-state index is -0.103. The van der Waals surface area contributed by atoms with Crippen LogP contribution in [0.15, 0.2) is 60.7 Å². The van der Waals surface area contributed by atoms with E-state index in [4.69, 9.17) is 0 Å². The molecule has 0 radical (unpaired) electrons. The van der Waals surface area contributed by atoms with E-state index in [1.54, 1.807) is 12.0 Å². The van der Waals surface area contributed by atoms with E-state index in [-0.39, 0.29) is 4.32 Å². The second-order valence-electron chi connectivity index (χ2n) is 18.5. The van der Waals surface area contributed by atoms with Gasteiger partial charge in [0.05, 0.1) is 4.32 Å². The first-order valence-electron chi connectivity index (χ1n) is 16.5. The van der Waals surface area contributed by atoms with E-state index in [0.29, 0.717) is 43.8 Å². The van der Waals surface area contributed by atoms with Crippen LogP contribution in [-0.4, -0.2) is 0 Å². The van der Waals surface area contributed by atoms with Gasteiger partial charge in [-0.3, -0.25) is 0 Å². The zero-order chi connectivity index (χ0) is 27.9. The van der Waals surface area contributed by atoms with Gasteiger partial charge >= 0.3 is 0 Å². The molecule has 214 valence electrons. The predicted octanol–water partition coefficient (Wildman–Crippen LogP) is 11.4. The molecule has 0 aromatic heterocycles. The zero-order valence-electron chi connectivity index (χ0n) is 25.8. The Kier molecular flexibility index (Phi) is 5.24. The molecule has 0 amide bonds. The molecule has 40 heavy (non-hydrogen) atoms. The van der Waals surface area contributed by atoms with Gasteiger partial charge in [0, 0.05) is 5.92 Å². The number of hydrogen-bond donors (Lipinski definition) is 0. The quantitative estimate of drug-likeness (QED) is 0.300. The third-order valence-electron chi connectivity index (χ3n) is 14.0. The maximum absolute atomic E-state index is 4.52. The molecular weight excluding hydrogens is 548 g/mol. The molecule has 2 aromatic carbocycles. The third kappa shape index (κ3) is 3.61. The van der Waals surface area contributed by atoms with E-state index >= 15 is 0 Å². The third-order valence-corrected chi connectivity index (χ3v) is 14.9. The summed E-state index contributed by atoms with van der Waals surface area (Å²) in [5, 5.41) is 0. The van der Waals surface area contributed by atoms with Gasteiger partial charge < -0.3 is 0 Å². The fraction of sp³-hybridized carbons (Fsp3) is 0.692. The fourth-order valence-electron chi connectivity index (χ4n) is 15.5. The molecule has 8 aliphatic carbocycles. The minimum absolute atomic E-state index is 0.103. The summed E-state index contributed by atoms with van der Waals surface area (Å²) in [5.41, 5.74) is 6.46. The minimum Gasteiger partial charge on any atom is -0.0797 e. The molecule has 2 aromatic rings. The summed E-state index contributed by atoms with van der Waals surface area (Å²) >= 11 is 4.52. The molecule has 0 heterocycles. The van der Waals surface area contributed by atoms with E-state index in [0.717, 1.165) is 5.92 Å². The number of hydrogen-bond acceptors (Lipinski definition) is 0. The van der Waals surface area contributed by atoms with Crippen LogP contribution in [0.4, 0.5) is 0 Å². The highest BCUT2D eigenvalue weighted by Gasteiger charge is 2.75. The number of benzene rings is 2. The summed E-state index contributed by atoms with van der Waals surface area (Å²) in [5.74, 6) is 1.44. The van der Waals surface area contributed by atoms with E-state index in [9.17, 15) is 0 Å². The Balaban J connectivity index is 1.32. The first kappa shape index (κ1) is 26.5. The van der Waals surface area contributed by atoms with E-state index in [1.807, 2.05) is 0 Å². The Bertz CT molecular complexity index is 1290. The normalized spacial score (nSPS) is 50.6. The van der Waals surface area contributed by atoms with Crippen molar-refractivity contribution in [1.82, 2.24) is 0 Å². The van der Waals surface area contributed by atoms with Crippen LogP contribution >= 0.6 is 15.9 Å². The zero-order valence-corrected chi connectivity index (χ0v) is 27.4. The molecule has 0 spiro atoms. The highest BCUT2D eigenvalue weighted by molar-refractivity contribution is 9.09. The molecule has 8 aliphatic rings. The predicted molar refractivity (Wildman–Crippen MR) is 171 cm³/mol. The summed E-state index contributed by atoms with van der Waals surface area (Å²) in [4.78, 5) is 0. The highest BCUT2D eigenvalue weighted by Crippen LogP contribution is 2.85. The van der Waals surface area contributed by atoms with Crippen molar-refractivity contribution in [2.75, 3.05) is 0 Å². The average molecular weight is 600 g/mol. The van der Waals surface area contributed by atoms with Gasteiger partial charge in [-0.1, -0.05) is 104 Å². The molecule has 6 atom stereocenters. The molecule has 0 N–H and O–H groups in total. The summed E-state index contributed by atoms with van der Waals surface area (Å²) < 4.78 is -0.103. The second-order valence-corrected chi connectivity index (χ2v) is 20.2. The molecule has 6 unspecified atom stereocenters. The van der Waals surface area contributed by atoms with Gasteiger partial charge in [0.2, 0.25) is 0 Å². The van der Waals surface area contributed by atoms with Gasteiger partial charge in [-0.05, 0) is 139 Å². The number of rotatable bonds is 5. The van der Waals surface area contributed by atoms with Crippen molar-refractivity contribution < 1.29 is 0 Å². The summed E-state index contributed by atoms with van der Waals surface area (Å²) in [6, 6.07) is 23.2. The van der Waals surface area contributed by atoms with Crippen LogP contribution in [0.5, 0.6) is 0 Å². The highest BCUT2D eigenvalue weighted by atomic mass is 79.9. The monoisotopic (exact) mass is 598 g/mol. The van der Waals surface area contributed by atoms with Gasteiger partial charge in [-0.15, -0.1) is 0 Å². The largest absolute Gasteiger partial charge is 0.0797 e. The van der Waals surface area contributed by atoms with Crippen LogP contribution in [0.25, 0.3) is 0 Å². The summed E-state index contributed by atoms with van der Waals surface area (Å²) in [6.45, 7) is 13.4. The van der Waals surface area contributed by atoms with Gasteiger partial charge in [0.15, 0.2) is 0 Å². The topological polar surface area (TPSA) is 0 Å². The van der Waals surface area contributed by atoms with Crippen molar-refractivity contribution in [2.24, 2.45) is 43.8 Å². The van der Waals surface area contributed by atoms with Gasteiger partial charge in [0.25, 0.3) is 0 Å². The fourth-order valence-corrected chi connectivity index (χ4v) is 16.5. The molecule has 1 heteroatoms. The summed E-state index contributed by atoms with van der Waals surface area (Å²) in [7, 11) is 0. The van der Waals surface area contributed by atoms with Crippen molar-refractivity contribution in [3.8, 4) is 0 Å². The maximum Gasteiger partial charge on any atom is 0.0551 e. The average Bonchev–Trinajstić information content (AvgIpc) is 2.80. The van der Waals surface area contributed by atoms with Gasteiger partial charge in [-0.2, -0.15) is 0 Å². The Hall–Kier alpha value is -1.08. The van der Waals surface area contributed by atoms with E-state index in [2.05, 4.69) is 111 Å².